The fourth-order valence-corrected chi connectivity index (χ4v) is 12.4. The van der Waals surface area contributed by atoms with E-state index in [1.165, 1.54) is 46.0 Å². The van der Waals surface area contributed by atoms with Gasteiger partial charge in [-0.2, -0.15) is 0 Å². The van der Waals surface area contributed by atoms with E-state index >= 15 is 0 Å². The predicted octanol–water partition coefficient (Wildman–Crippen LogP) is 5.75. The number of hydrogen-bond donors (Lipinski definition) is 6. The Hall–Kier alpha value is -1.92. The second kappa shape index (κ2) is 14.5. The Labute approximate surface area is 324 Å². The predicted molar refractivity (Wildman–Crippen MR) is 208 cm³/mol. The van der Waals surface area contributed by atoms with Gasteiger partial charge >= 0.3 is 5.97 Å². The first kappa shape index (κ1) is 44.8. The highest BCUT2D eigenvalue weighted by Gasteiger charge is 2.76. The molecule has 10 heteroatoms. The number of carbonyl (C=O) groups excluding carboxylic acids is 2. The molecule has 7 rings (SSSR count). The summed E-state index contributed by atoms with van der Waals surface area (Å²) < 4.78 is 11.2. The molecule has 4 saturated carbocycles. The molecule has 6 N–H and O–H groups in total. The van der Waals surface area contributed by atoms with Crippen LogP contribution < -0.4 is 0 Å². The minimum atomic E-state index is -1.99. The number of ether oxygens (including phenoxy) is 2. The van der Waals surface area contributed by atoms with Crippen LogP contribution >= 0.6 is 0 Å². The number of fused-ring (bicyclic) bond motifs is 8. The molecule has 0 spiro atoms. The van der Waals surface area contributed by atoms with E-state index in [9.17, 15) is 40.2 Å². The summed E-state index contributed by atoms with van der Waals surface area (Å²) in [5.41, 5.74) is -0.762. The van der Waals surface area contributed by atoms with Crippen LogP contribution in [0.25, 0.3) is 0 Å². The van der Waals surface area contributed by atoms with E-state index < -0.39 is 70.2 Å². The molecule has 1 heterocycles. The Balaban J connectivity index is 0.000000248. The highest BCUT2D eigenvalue weighted by molar-refractivity contribution is 5.93. The first-order valence-electron chi connectivity index (χ1n) is 19.5. The summed E-state index contributed by atoms with van der Waals surface area (Å²) in [5, 5.41) is 66.8. The van der Waals surface area contributed by atoms with Gasteiger partial charge in [-0.1, -0.05) is 67.2 Å². The molecule has 5 fully saturated rings. The van der Waals surface area contributed by atoms with Crippen LogP contribution in [0.1, 0.15) is 135 Å². The number of allylic oxidation sites excluding steroid dienone is 2. The summed E-state index contributed by atoms with van der Waals surface area (Å²) in [4.78, 5) is 25.8. The fourth-order valence-electron chi connectivity index (χ4n) is 12.4. The molecule has 1 saturated heterocycles. The van der Waals surface area contributed by atoms with E-state index in [0.29, 0.717) is 22.3 Å². The third-order valence-electron chi connectivity index (χ3n) is 16.1. The van der Waals surface area contributed by atoms with Gasteiger partial charge in [-0.3, -0.25) is 9.59 Å². The second-order valence-corrected chi connectivity index (χ2v) is 19.2. The molecule has 308 valence electrons. The zero-order valence-corrected chi connectivity index (χ0v) is 32.8. The topological polar surface area (TPSA) is 174 Å². The SMILES string of the molecule is C.C.C=C1C(O)CC[C@@]2(C)CCC3=C(C)CC[C@@H](C[C@H]12)C3(C)C.CC(=O)O[C@@]12CO[C@@H]1C[C@H](O)[C@@]1(C)C(=O)[C@H](O)C3=C(C)[C@@H](O)C[C@@](O)([C@@H](O)[C@H]21)C3(C)C. The molecular formula is C44H72O10. The second-order valence-electron chi connectivity index (χ2n) is 19.2. The zero-order chi connectivity index (χ0) is 38.7. The number of hydrogen-bond acceptors (Lipinski definition) is 10. The van der Waals surface area contributed by atoms with Gasteiger partial charge in [-0.15, -0.1) is 0 Å². The van der Waals surface area contributed by atoms with E-state index in [4.69, 9.17) is 9.47 Å². The molecule has 6 aliphatic carbocycles. The average molecular weight is 761 g/mol. The Bertz CT molecular complexity index is 1580. The van der Waals surface area contributed by atoms with Crippen molar-refractivity contribution in [3.05, 3.63) is 34.4 Å². The molecule has 0 aromatic carbocycles. The summed E-state index contributed by atoms with van der Waals surface area (Å²) in [6.07, 6.45) is 1.20. The lowest BCUT2D eigenvalue weighted by molar-refractivity contribution is -0.346. The molecule has 4 bridgehead atoms. The number of aliphatic hydroxyl groups is 6. The van der Waals surface area contributed by atoms with Crippen LogP contribution in [0.2, 0.25) is 0 Å². The van der Waals surface area contributed by atoms with Gasteiger partial charge in [0, 0.05) is 31.1 Å². The molecule has 0 amide bonds. The van der Waals surface area contributed by atoms with E-state index in [0.717, 1.165) is 24.3 Å². The number of esters is 1. The van der Waals surface area contributed by atoms with Crippen molar-refractivity contribution < 1.29 is 49.7 Å². The van der Waals surface area contributed by atoms with Gasteiger partial charge < -0.3 is 40.1 Å². The van der Waals surface area contributed by atoms with Crippen LogP contribution in [0.5, 0.6) is 0 Å². The van der Waals surface area contributed by atoms with E-state index in [1.54, 1.807) is 31.9 Å². The number of carbonyl (C=O) groups is 2. The standard InChI is InChI=1S/C22H32O9.C20H32O.2CH4/c1-9-11(24)7-22(29)18(28)16-20(5,17(27)15(26)14(9)19(22,3)4)12(25)6-13-21(16,8-30-13)31-10(2)23;1-13-6-7-15-12-17-14(2)18(21)9-11-20(17,5)10-8-16(13)19(15,3)4;;/h11-13,15-16,18,24-26,28-29H,6-8H2,1-5H3;15,17-18,21H,2,6-12H2,1,3-5H3;2*1H4/t11-,12-,13+,15+,16-,18-,20+,21-,22+;15-,17+,18?,20+;;/m00../s1. The maximum atomic E-state index is 13.8. The van der Waals surface area contributed by atoms with Crippen LogP contribution in [-0.2, 0) is 19.1 Å². The molecule has 1 unspecified atom stereocenters. The van der Waals surface area contributed by atoms with Crippen LogP contribution in [0.15, 0.2) is 34.4 Å². The third-order valence-corrected chi connectivity index (χ3v) is 16.1. The molecular weight excluding hydrogens is 688 g/mol. The normalized spacial score (nSPS) is 46.1. The lowest BCUT2D eigenvalue weighted by Gasteiger charge is -2.67. The lowest BCUT2D eigenvalue weighted by atomic mass is 9.45. The number of aliphatic hydroxyl groups excluding tert-OH is 5. The van der Waals surface area contributed by atoms with Gasteiger partial charge in [-0.25, -0.2) is 0 Å². The maximum Gasteiger partial charge on any atom is 0.303 e. The minimum Gasteiger partial charge on any atom is -0.454 e. The molecule has 10 nitrogen and oxygen atoms in total. The third kappa shape index (κ3) is 6.15. The van der Waals surface area contributed by atoms with Gasteiger partial charge in [0.2, 0.25) is 0 Å². The van der Waals surface area contributed by atoms with Gasteiger partial charge in [0.25, 0.3) is 0 Å². The monoisotopic (exact) mass is 761 g/mol. The average Bonchev–Trinajstić information content (AvgIpc) is 3.04. The quantitative estimate of drug-likeness (QED) is 0.143. The number of Topliss-reactive ketones (excluding diaryl/α,β-unsaturated/α-hetero) is 1. The van der Waals surface area contributed by atoms with Crippen molar-refractivity contribution in [2.45, 2.75) is 183 Å². The lowest BCUT2D eigenvalue weighted by Crippen LogP contribution is -2.81. The van der Waals surface area contributed by atoms with E-state index in [-0.39, 0.29) is 46.0 Å². The first-order chi connectivity index (χ1) is 23.9. The van der Waals surface area contributed by atoms with Crippen molar-refractivity contribution in [3.63, 3.8) is 0 Å². The van der Waals surface area contributed by atoms with Gasteiger partial charge in [0.1, 0.15) is 17.8 Å². The van der Waals surface area contributed by atoms with Crippen molar-refractivity contribution in [2.24, 2.45) is 39.4 Å². The highest BCUT2D eigenvalue weighted by Crippen LogP contribution is 2.63. The highest BCUT2D eigenvalue weighted by atomic mass is 16.6. The van der Waals surface area contributed by atoms with Gasteiger partial charge in [0.05, 0.1) is 36.4 Å². The van der Waals surface area contributed by atoms with Crippen LogP contribution in [-0.4, -0.2) is 96.8 Å². The smallest absolute Gasteiger partial charge is 0.303 e. The van der Waals surface area contributed by atoms with E-state index in [1.807, 2.05) is 0 Å². The largest absolute Gasteiger partial charge is 0.454 e. The molecule has 0 aromatic heterocycles. The molecule has 54 heavy (non-hydrogen) atoms. The molecule has 13 atom stereocenters. The molecule has 7 aliphatic rings. The van der Waals surface area contributed by atoms with Crippen molar-refractivity contribution >= 4 is 11.8 Å². The molecule has 0 aromatic rings. The summed E-state index contributed by atoms with van der Waals surface area (Å²) in [5.74, 6) is -1.40. The van der Waals surface area contributed by atoms with Crippen LogP contribution in [0, 0.1) is 39.4 Å². The van der Waals surface area contributed by atoms with Gasteiger partial charge in [0.15, 0.2) is 11.4 Å². The Morgan fingerprint density at radius 3 is 2.11 bits per heavy atom. The number of ketones is 1. The van der Waals surface area contributed by atoms with Crippen molar-refractivity contribution in [2.75, 3.05) is 6.61 Å². The summed E-state index contributed by atoms with van der Waals surface area (Å²) in [6.45, 7) is 21.3. The first-order valence-corrected chi connectivity index (χ1v) is 19.5. The minimum absolute atomic E-state index is 0. The summed E-state index contributed by atoms with van der Waals surface area (Å²) in [6, 6.07) is 0. The Kier molecular flexibility index (Phi) is 12.0. The maximum absolute atomic E-state index is 13.8. The summed E-state index contributed by atoms with van der Waals surface area (Å²) >= 11 is 0. The number of rotatable bonds is 1. The van der Waals surface area contributed by atoms with Crippen LogP contribution in [0.3, 0.4) is 0 Å². The van der Waals surface area contributed by atoms with Crippen molar-refractivity contribution in [1.29, 1.82) is 0 Å². The Morgan fingerprint density at radius 2 is 1.54 bits per heavy atom. The zero-order valence-electron chi connectivity index (χ0n) is 32.8. The van der Waals surface area contributed by atoms with Crippen molar-refractivity contribution in [1.82, 2.24) is 0 Å². The van der Waals surface area contributed by atoms with E-state index in [2.05, 4.69) is 34.3 Å². The fraction of sp³-hybridized carbons (Fsp3) is 0.818. The van der Waals surface area contributed by atoms with Gasteiger partial charge in [-0.05, 0) is 105 Å². The Morgan fingerprint density at radius 1 is 0.907 bits per heavy atom. The summed E-state index contributed by atoms with van der Waals surface area (Å²) in [7, 11) is 0. The van der Waals surface area contributed by atoms with Crippen LogP contribution in [0.4, 0.5) is 0 Å². The molecule has 1 aliphatic heterocycles. The van der Waals surface area contributed by atoms with Crippen molar-refractivity contribution in [3.8, 4) is 0 Å². The molecule has 0 radical (unpaired) electrons.